The number of aromatic nitrogens is 1. The Morgan fingerprint density at radius 3 is 2.77 bits per heavy atom. The smallest absolute Gasteiger partial charge is 0.194 e. The molecule has 0 amide bonds. The van der Waals surface area contributed by atoms with Crippen molar-refractivity contribution in [2.75, 3.05) is 21.2 Å². The normalized spacial score (nSPS) is 12.5. The van der Waals surface area contributed by atoms with E-state index in [-0.39, 0.29) is 30.1 Å². The maximum atomic E-state index is 6.21. The summed E-state index contributed by atoms with van der Waals surface area (Å²) >= 11 is 13.7. The standard InChI is InChI=1S/C17H22Cl2N4OS.HI/c1-11(24-4)16-22-14(10-25-16)9-23(3)17(20-2)21-8-12-5-6-13(18)7-15(12)19;/h5-7,10-11H,8-9H2,1-4H3,(H,20,21);1H. The van der Waals surface area contributed by atoms with Gasteiger partial charge in [-0.05, 0) is 24.6 Å². The van der Waals surface area contributed by atoms with Crippen molar-refractivity contribution in [3.8, 4) is 0 Å². The number of hydrogen-bond acceptors (Lipinski definition) is 4. The first-order chi connectivity index (χ1) is 11.9. The van der Waals surface area contributed by atoms with Crippen molar-refractivity contribution in [2.24, 2.45) is 4.99 Å². The van der Waals surface area contributed by atoms with Crippen molar-refractivity contribution in [2.45, 2.75) is 26.1 Å². The second-order valence-corrected chi connectivity index (χ2v) is 7.28. The van der Waals surface area contributed by atoms with Crippen molar-refractivity contribution < 1.29 is 4.74 Å². The highest BCUT2D eigenvalue weighted by Gasteiger charge is 2.13. The van der Waals surface area contributed by atoms with Gasteiger partial charge in [0.15, 0.2) is 5.96 Å². The number of halogens is 3. The lowest BCUT2D eigenvalue weighted by molar-refractivity contribution is 0.119. The first kappa shape index (κ1) is 23.4. The van der Waals surface area contributed by atoms with E-state index in [2.05, 4.69) is 15.3 Å². The van der Waals surface area contributed by atoms with Gasteiger partial charge in [-0.1, -0.05) is 29.3 Å². The quantitative estimate of drug-likeness (QED) is 0.326. The Labute approximate surface area is 185 Å². The average molecular weight is 529 g/mol. The van der Waals surface area contributed by atoms with E-state index < -0.39 is 0 Å². The Hall–Kier alpha value is -0.610. The van der Waals surface area contributed by atoms with Crippen LogP contribution in [0, 0.1) is 0 Å². The monoisotopic (exact) mass is 528 g/mol. The van der Waals surface area contributed by atoms with Crippen molar-refractivity contribution in [1.82, 2.24) is 15.2 Å². The fourth-order valence-corrected chi connectivity index (χ4v) is 3.54. The van der Waals surface area contributed by atoms with Crippen LogP contribution in [0.5, 0.6) is 0 Å². The van der Waals surface area contributed by atoms with E-state index in [0.717, 1.165) is 22.2 Å². The van der Waals surface area contributed by atoms with Crippen LogP contribution in [0.2, 0.25) is 10.0 Å². The summed E-state index contributed by atoms with van der Waals surface area (Å²) < 4.78 is 5.31. The number of guanidine groups is 1. The minimum atomic E-state index is 0. The molecule has 0 radical (unpaired) electrons. The summed E-state index contributed by atoms with van der Waals surface area (Å²) in [5, 5.41) is 7.59. The Kier molecular flexibility index (Phi) is 10.2. The van der Waals surface area contributed by atoms with Gasteiger partial charge in [-0.2, -0.15) is 0 Å². The van der Waals surface area contributed by atoms with Gasteiger partial charge in [-0.25, -0.2) is 4.98 Å². The molecule has 1 aromatic carbocycles. The van der Waals surface area contributed by atoms with Gasteiger partial charge in [0.1, 0.15) is 11.1 Å². The molecule has 0 saturated heterocycles. The molecule has 0 spiro atoms. The fraction of sp³-hybridized carbons (Fsp3) is 0.412. The molecule has 0 fully saturated rings. The third kappa shape index (κ3) is 6.53. The Balaban J connectivity index is 0.00000338. The van der Waals surface area contributed by atoms with Gasteiger partial charge in [0.2, 0.25) is 0 Å². The maximum Gasteiger partial charge on any atom is 0.194 e. The summed E-state index contributed by atoms with van der Waals surface area (Å²) in [6, 6.07) is 5.47. The number of ether oxygens (including phenoxy) is 1. The molecule has 1 atom stereocenters. The van der Waals surface area contributed by atoms with Crippen LogP contribution in [0.4, 0.5) is 0 Å². The van der Waals surface area contributed by atoms with Gasteiger partial charge in [0, 0.05) is 43.2 Å². The van der Waals surface area contributed by atoms with E-state index in [9.17, 15) is 0 Å². The highest BCUT2D eigenvalue weighted by Crippen LogP contribution is 2.22. The molecule has 2 rings (SSSR count). The first-order valence-corrected chi connectivity index (χ1v) is 9.41. The Morgan fingerprint density at radius 2 is 2.15 bits per heavy atom. The zero-order chi connectivity index (χ0) is 18.4. The molecule has 0 aliphatic rings. The highest BCUT2D eigenvalue weighted by molar-refractivity contribution is 14.0. The van der Waals surface area contributed by atoms with Crippen LogP contribution in [0.25, 0.3) is 0 Å². The third-order valence-corrected chi connectivity index (χ3v) is 5.34. The fourth-order valence-electron chi connectivity index (χ4n) is 2.22. The second kappa shape index (κ2) is 11.3. The number of nitrogens with zero attached hydrogens (tertiary/aromatic N) is 3. The van der Waals surface area contributed by atoms with Crippen LogP contribution >= 0.6 is 58.5 Å². The number of benzene rings is 1. The summed E-state index contributed by atoms with van der Waals surface area (Å²) in [7, 11) is 5.41. The predicted octanol–water partition coefficient (Wildman–Crippen LogP) is 4.98. The molecule has 5 nitrogen and oxygen atoms in total. The molecule has 26 heavy (non-hydrogen) atoms. The molecule has 1 aromatic heterocycles. The minimum absolute atomic E-state index is 0. The Morgan fingerprint density at radius 1 is 1.42 bits per heavy atom. The molecule has 0 bridgehead atoms. The largest absolute Gasteiger partial charge is 0.375 e. The molecule has 144 valence electrons. The summed E-state index contributed by atoms with van der Waals surface area (Å²) in [4.78, 5) is 10.9. The second-order valence-electron chi connectivity index (χ2n) is 5.55. The van der Waals surface area contributed by atoms with Crippen LogP contribution in [0.1, 0.15) is 29.3 Å². The molecule has 2 aromatic rings. The highest BCUT2D eigenvalue weighted by atomic mass is 127. The number of nitrogens with one attached hydrogen (secondary N) is 1. The molecule has 0 saturated carbocycles. The molecule has 1 N–H and O–H groups in total. The molecular formula is C17H23Cl2IN4OS. The van der Waals surface area contributed by atoms with E-state index in [0.29, 0.717) is 23.1 Å². The van der Waals surface area contributed by atoms with E-state index in [4.69, 9.17) is 27.9 Å². The average Bonchev–Trinajstić information content (AvgIpc) is 3.04. The number of rotatable bonds is 6. The van der Waals surface area contributed by atoms with Gasteiger partial charge in [-0.3, -0.25) is 4.99 Å². The summed E-state index contributed by atoms with van der Waals surface area (Å²) in [5.74, 6) is 0.764. The first-order valence-electron chi connectivity index (χ1n) is 7.77. The SMILES string of the molecule is CN=C(NCc1ccc(Cl)cc1Cl)N(C)Cc1csc(C(C)OC)n1.I. The molecule has 9 heteroatoms. The Bertz CT molecular complexity index is 741. The predicted molar refractivity (Wildman–Crippen MR) is 121 cm³/mol. The van der Waals surface area contributed by atoms with Crippen LogP contribution < -0.4 is 5.32 Å². The lowest BCUT2D eigenvalue weighted by Gasteiger charge is -2.21. The van der Waals surface area contributed by atoms with Crippen LogP contribution in [-0.4, -0.2) is 37.0 Å². The number of aliphatic imine (C=N–C) groups is 1. The summed E-state index contributed by atoms with van der Waals surface area (Å²) in [6.45, 7) is 3.21. The zero-order valence-electron chi connectivity index (χ0n) is 15.1. The zero-order valence-corrected chi connectivity index (χ0v) is 19.8. The van der Waals surface area contributed by atoms with Crippen molar-refractivity contribution in [3.63, 3.8) is 0 Å². The topological polar surface area (TPSA) is 49.8 Å². The van der Waals surface area contributed by atoms with Crippen LogP contribution in [0.3, 0.4) is 0 Å². The van der Waals surface area contributed by atoms with E-state index >= 15 is 0 Å². The van der Waals surface area contributed by atoms with Gasteiger partial charge in [0.05, 0.1) is 12.2 Å². The molecule has 0 aliphatic heterocycles. The number of methoxy groups -OCH3 is 1. The third-order valence-electron chi connectivity index (χ3n) is 3.70. The van der Waals surface area contributed by atoms with Gasteiger partial charge in [-0.15, -0.1) is 35.3 Å². The lowest BCUT2D eigenvalue weighted by atomic mass is 10.2. The number of hydrogen-bond donors (Lipinski definition) is 1. The molecule has 1 heterocycles. The van der Waals surface area contributed by atoms with Crippen LogP contribution in [-0.2, 0) is 17.8 Å². The minimum Gasteiger partial charge on any atom is -0.375 e. The number of thiazole rings is 1. The van der Waals surface area contributed by atoms with E-state index in [1.165, 1.54) is 0 Å². The molecule has 0 aliphatic carbocycles. The van der Waals surface area contributed by atoms with Crippen molar-refractivity contribution in [1.29, 1.82) is 0 Å². The van der Waals surface area contributed by atoms with E-state index in [1.807, 2.05) is 36.4 Å². The van der Waals surface area contributed by atoms with Gasteiger partial charge < -0.3 is 15.0 Å². The van der Waals surface area contributed by atoms with Crippen molar-refractivity contribution in [3.05, 3.63) is 49.9 Å². The van der Waals surface area contributed by atoms with E-state index in [1.54, 1.807) is 31.6 Å². The molecule has 1 unspecified atom stereocenters. The van der Waals surface area contributed by atoms with Gasteiger partial charge >= 0.3 is 0 Å². The summed E-state index contributed by atoms with van der Waals surface area (Å²) in [5.41, 5.74) is 1.95. The molecular weight excluding hydrogens is 506 g/mol. The lowest BCUT2D eigenvalue weighted by Crippen LogP contribution is -2.38. The summed E-state index contributed by atoms with van der Waals surface area (Å²) in [6.07, 6.45) is 0.00791. The maximum absolute atomic E-state index is 6.21. The van der Waals surface area contributed by atoms with Crippen molar-refractivity contribution >= 4 is 64.5 Å². The van der Waals surface area contributed by atoms with Gasteiger partial charge in [0.25, 0.3) is 0 Å². The van der Waals surface area contributed by atoms with Crippen LogP contribution in [0.15, 0.2) is 28.6 Å².